The van der Waals surface area contributed by atoms with Gasteiger partial charge in [0.15, 0.2) is 0 Å². The molecule has 0 aromatic carbocycles. The zero-order chi connectivity index (χ0) is 5.28. The van der Waals surface area contributed by atoms with Crippen LogP contribution in [0.2, 0.25) is 0 Å². The summed E-state index contributed by atoms with van der Waals surface area (Å²) < 4.78 is 0. The monoisotopic (exact) mass is 293 g/mol. The van der Waals surface area contributed by atoms with Crippen LogP contribution in [0.1, 0.15) is 0 Å². The van der Waals surface area contributed by atoms with Gasteiger partial charge in [-0.1, -0.05) is 0 Å². The summed E-state index contributed by atoms with van der Waals surface area (Å²) >= 11 is 0. The van der Waals surface area contributed by atoms with Gasteiger partial charge in [-0.25, -0.2) is 0 Å². The van der Waals surface area contributed by atoms with Crippen LogP contribution in [-0.2, 0) is 32.0 Å². The molecule has 4 heteroatoms. The van der Waals surface area contributed by atoms with Gasteiger partial charge in [0.05, 0.1) is 11.8 Å². The van der Waals surface area contributed by atoms with E-state index in [2.05, 4.69) is 5.32 Å². The van der Waals surface area contributed by atoms with E-state index in [0.29, 0.717) is 0 Å². The van der Waals surface area contributed by atoms with Crippen LogP contribution in [0, 0.1) is 0 Å². The van der Waals surface area contributed by atoms with Crippen LogP contribution in [0.4, 0.5) is 0 Å². The molecule has 0 saturated carbocycles. The number of carbonyl (C=O) groups excluding carboxylic acids is 2. The fourth-order valence-corrected chi connectivity index (χ4v) is 0.326. The molecule has 8 heavy (non-hydrogen) atoms. The van der Waals surface area contributed by atoms with Crippen molar-refractivity contribution in [1.29, 1.82) is 0 Å². The second-order valence-corrected chi connectivity index (χ2v) is 1.12. The molecule has 0 N–H and O–H groups in total. The van der Waals surface area contributed by atoms with Crippen molar-refractivity contribution in [1.82, 2.24) is 0 Å². The molecule has 1 aliphatic rings. The third-order valence-electron chi connectivity index (χ3n) is 0.589. The smallest absolute Gasteiger partial charge is 0.589 e. The molecule has 1 aliphatic heterocycles. The summed E-state index contributed by atoms with van der Waals surface area (Å²) in [7, 11) is 0. The maximum atomic E-state index is 9.98. The molecule has 0 unspecified atom stereocenters. The van der Waals surface area contributed by atoms with Gasteiger partial charge in [0, 0.05) is 0 Å². The molecule has 0 bridgehead atoms. The summed E-state index contributed by atoms with van der Waals surface area (Å²) in [5.41, 5.74) is 0. The summed E-state index contributed by atoms with van der Waals surface area (Å²) in [5, 5.41) is 3.00. The molecule has 2 amide bonds. The fourth-order valence-electron chi connectivity index (χ4n) is 0.326. The van der Waals surface area contributed by atoms with E-state index in [4.69, 9.17) is 0 Å². The van der Waals surface area contributed by atoms with Gasteiger partial charge in [0.25, 0.3) is 0 Å². The predicted octanol–water partition coefficient (Wildman–Crippen LogP) is -0.0194. The van der Waals surface area contributed by atoms with Crippen molar-refractivity contribution in [3.63, 3.8) is 0 Å². The van der Waals surface area contributed by atoms with Crippen LogP contribution >= 0.6 is 0 Å². The Morgan fingerprint density at radius 1 is 1.12 bits per heavy atom. The van der Waals surface area contributed by atoms with Crippen LogP contribution in [0.3, 0.4) is 0 Å². The molecule has 0 fully saturated rings. The topological polar surface area (TPSA) is 48.2 Å². The second kappa shape index (κ2) is 2.81. The Morgan fingerprint density at radius 3 is 1.62 bits per heavy atom. The third-order valence-corrected chi connectivity index (χ3v) is 0.589. The Kier molecular flexibility index (Phi) is 2.68. The first-order valence-electron chi connectivity index (χ1n) is 1.77. The van der Waals surface area contributed by atoms with E-state index in [1.807, 2.05) is 0 Å². The van der Waals surface area contributed by atoms with E-state index in [1.165, 1.54) is 0 Å². The summed E-state index contributed by atoms with van der Waals surface area (Å²) in [4.78, 5) is 20.0. The molecular weight excluding hydrogens is 291 g/mol. The number of hydrogen-bond acceptors (Lipinski definition) is 2. The number of rotatable bonds is 0. The van der Waals surface area contributed by atoms with Crippen molar-refractivity contribution < 1.29 is 32.0 Å². The Morgan fingerprint density at radius 2 is 1.50 bits per heavy atom. The Hall–Kier alpha value is -0.380. The average Bonchev–Trinajstić information content (AvgIpc) is 1.87. The first kappa shape index (κ1) is 7.62. The molecular formula is C4H2AuNO2. The van der Waals surface area contributed by atoms with E-state index in [1.54, 1.807) is 0 Å². The maximum Gasteiger partial charge on any atom is 1.00 e. The Labute approximate surface area is 61.6 Å². The largest absolute Gasteiger partial charge is 1.00 e. The Balaban J connectivity index is 0.000000490. The molecule has 0 aromatic rings. The van der Waals surface area contributed by atoms with Crippen molar-refractivity contribution in [3.8, 4) is 0 Å². The molecule has 0 radical (unpaired) electrons. The van der Waals surface area contributed by atoms with E-state index in [9.17, 15) is 9.59 Å². The predicted molar refractivity (Wildman–Crippen MR) is 22.5 cm³/mol. The van der Waals surface area contributed by atoms with Crippen molar-refractivity contribution in [3.05, 3.63) is 17.5 Å². The van der Waals surface area contributed by atoms with Gasteiger partial charge in [-0.05, 0) is 12.2 Å². The molecule has 0 saturated heterocycles. The van der Waals surface area contributed by atoms with E-state index in [-0.39, 0.29) is 22.4 Å². The van der Waals surface area contributed by atoms with E-state index in [0.717, 1.165) is 12.2 Å². The maximum absolute atomic E-state index is 9.98. The molecule has 0 atom stereocenters. The minimum Gasteiger partial charge on any atom is -0.589 e. The van der Waals surface area contributed by atoms with Gasteiger partial charge in [0.2, 0.25) is 0 Å². The van der Waals surface area contributed by atoms with Crippen molar-refractivity contribution in [2.75, 3.05) is 0 Å². The molecule has 0 aromatic heterocycles. The van der Waals surface area contributed by atoms with Crippen molar-refractivity contribution in [2.24, 2.45) is 0 Å². The summed E-state index contributed by atoms with van der Waals surface area (Å²) in [6.45, 7) is 0. The van der Waals surface area contributed by atoms with Crippen LogP contribution in [0.25, 0.3) is 5.32 Å². The number of hydrogen-bond donors (Lipinski definition) is 0. The first-order chi connectivity index (χ1) is 3.29. The number of imide groups is 1. The van der Waals surface area contributed by atoms with Gasteiger partial charge in [-0.3, -0.25) is 0 Å². The zero-order valence-electron chi connectivity index (χ0n) is 3.72. The van der Waals surface area contributed by atoms with Crippen LogP contribution in [0.5, 0.6) is 0 Å². The first-order valence-corrected chi connectivity index (χ1v) is 1.77. The molecule has 1 heterocycles. The zero-order valence-corrected chi connectivity index (χ0v) is 5.89. The normalized spacial score (nSPS) is 15.5. The van der Waals surface area contributed by atoms with Gasteiger partial charge < -0.3 is 14.9 Å². The van der Waals surface area contributed by atoms with Crippen molar-refractivity contribution in [2.45, 2.75) is 0 Å². The van der Waals surface area contributed by atoms with Crippen molar-refractivity contribution >= 4 is 11.8 Å². The van der Waals surface area contributed by atoms with Gasteiger partial charge >= 0.3 is 22.4 Å². The minimum atomic E-state index is -0.454. The van der Waals surface area contributed by atoms with Crippen LogP contribution in [-0.4, -0.2) is 11.8 Å². The number of amides is 2. The second-order valence-electron chi connectivity index (χ2n) is 1.12. The summed E-state index contributed by atoms with van der Waals surface area (Å²) in [6.07, 6.45) is 2.28. The summed E-state index contributed by atoms with van der Waals surface area (Å²) in [5.74, 6) is -0.907. The van der Waals surface area contributed by atoms with Gasteiger partial charge in [-0.2, -0.15) is 0 Å². The molecule has 0 aliphatic carbocycles. The molecule has 46 valence electrons. The molecule has 3 nitrogen and oxygen atoms in total. The van der Waals surface area contributed by atoms with Crippen LogP contribution in [0.15, 0.2) is 12.2 Å². The SMILES string of the molecule is O=C1C=CC(=O)[N-]1.[Au+]. The van der Waals surface area contributed by atoms with E-state index < -0.39 is 11.8 Å². The third kappa shape index (κ3) is 1.61. The minimum absolute atomic E-state index is 0. The van der Waals surface area contributed by atoms with Crippen LogP contribution < -0.4 is 0 Å². The number of nitrogens with zero attached hydrogens (tertiary/aromatic N) is 1. The molecule has 1 rings (SSSR count). The number of carbonyl (C=O) groups is 2. The Bertz CT molecular complexity index is 136. The van der Waals surface area contributed by atoms with E-state index >= 15 is 0 Å². The quantitative estimate of drug-likeness (QED) is 0.465. The average molecular weight is 293 g/mol. The fraction of sp³-hybridized carbons (Fsp3) is 0. The van der Waals surface area contributed by atoms with Gasteiger partial charge in [0.1, 0.15) is 0 Å². The molecule has 0 spiro atoms. The summed E-state index contributed by atoms with van der Waals surface area (Å²) in [6, 6.07) is 0. The van der Waals surface area contributed by atoms with Gasteiger partial charge in [-0.15, -0.1) is 0 Å². The standard InChI is InChI=1S/C4H3NO2.Au/c6-3-1-2-4(7)5-3;/h1-2H,(H,5,6,7);/q;+1/p-1.